The van der Waals surface area contributed by atoms with Crippen molar-refractivity contribution in [3.05, 3.63) is 88.4 Å². The second kappa shape index (κ2) is 9.69. The third-order valence-corrected chi connectivity index (χ3v) is 8.91. The van der Waals surface area contributed by atoms with Crippen molar-refractivity contribution in [2.45, 2.75) is 23.3 Å². The van der Waals surface area contributed by atoms with E-state index in [0.29, 0.717) is 23.7 Å². The Morgan fingerprint density at radius 2 is 1.61 bits per heavy atom. The number of amides is 2. The Morgan fingerprint density at radius 1 is 0.917 bits per heavy atom. The van der Waals surface area contributed by atoms with Gasteiger partial charge in [-0.2, -0.15) is 0 Å². The van der Waals surface area contributed by atoms with Crippen molar-refractivity contribution in [2.75, 3.05) is 37.6 Å². The van der Waals surface area contributed by atoms with Gasteiger partial charge in [0.25, 0.3) is 11.8 Å². The zero-order valence-corrected chi connectivity index (χ0v) is 21.4. The number of carbonyl (C=O) groups is 2. The standard InChI is InChI=1S/C27H26ClN3O4S/c1-2-29-13-15-30(16-14-29)26(32)20-9-12-25-23(17-20)31(18-19-7-10-21(28)11-8-19)27(33)22-5-3-4-6-24(22)36(25,34)35/h3-12,17H,2,13-16,18H2,1H3. The molecule has 3 aromatic carbocycles. The monoisotopic (exact) mass is 523 g/mol. The number of halogens is 1. The molecular formula is C27H26ClN3O4S. The Hall–Kier alpha value is -3.20. The number of piperazine rings is 1. The Kier molecular flexibility index (Phi) is 6.59. The number of nitrogens with zero attached hydrogens (tertiary/aromatic N) is 3. The normalized spacial score (nSPS) is 17.3. The molecule has 0 saturated carbocycles. The number of fused-ring (bicyclic) bond motifs is 2. The molecule has 0 aliphatic carbocycles. The average molecular weight is 524 g/mol. The first-order valence-electron chi connectivity index (χ1n) is 11.9. The second-order valence-corrected chi connectivity index (χ2v) is 11.2. The van der Waals surface area contributed by atoms with Gasteiger partial charge in [-0.1, -0.05) is 42.8 Å². The first-order valence-corrected chi connectivity index (χ1v) is 13.7. The van der Waals surface area contributed by atoms with Crippen LogP contribution in [0.2, 0.25) is 5.02 Å². The molecule has 0 N–H and O–H groups in total. The third-order valence-electron chi connectivity index (χ3n) is 6.80. The largest absolute Gasteiger partial charge is 0.336 e. The molecule has 0 unspecified atom stereocenters. The van der Waals surface area contributed by atoms with E-state index < -0.39 is 15.7 Å². The minimum Gasteiger partial charge on any atom is -0.336 e. The molecule has 0 bridgehead atoms. The molecule has 36 heavy (non-hydrogen) atoms. The molecule has 0 spiro atoms. The van der Waals surface area contributed by atoms with Crippen LogP contribution in [0, 0.1) is 0 Å². The van der Waals surface area contributed by atoms with Gasteiger partial charge in [0.15, 0.2) is 0 Å². The summed E-state index contributed by atoms with van der Waals surface area (Å²) in [6.07, 6.45) is 0. The van der Waals surface area contributed by atoms with Gasteiger partial charge in [-0.25, -0.2) is 8.42 Å². The maximum absolute atomic E-state index is 13.7. The number of sulfone groups is 1. The van der Waals surface area contributed by atoms with E-state index in [1.807, 2.05) is 0 Å². The van der Waals surface area contributed by atoms with Gasteiger partial charge >= 0.3 is 0 Å². The van der Waals surface area contributed by atoms with Crippen LogP contribution in [0.3, 0.4) is 0 Å². The molecule has 2 heterocycles. The van der Waals surface area contributed by atoms with E-state index in [4.69, 9.17) is 11.6 Å². The van der Waals surface area contributed by atoms with E-state index in [1.165, 1.54) is 23.1 Å². The lowest BCUT2D eigenvalue weighted by molar-refractivity contribution is 0.0643. The van der Waals surface area contributed by atoms with Crippen LogP contribution in [0.4, 0.5) is 5.69 Å². The van der Waals surface area contributed by atoms with Crippen molar-refractivity contribution in [2.24, 2.45) is 0 Å². The fourth-order valence-electron chi connectivity index (χ4n) is 4.72. The second-order valence-electron chi connectivity index (χ2n) is 8.93. The molecule has 0 atom stereocenters. The van der Waals surface area contributed by atoms with Gasteiger partial charge in [0, 0.05) is 36.8 Å². The van der Waals surface area contributed by atoms with Gasteiger partial charge in [0.05, 0.1) is 27.6 Å². The van der Waals surface area contributed by atoms with E-state index in [0.717, 1.165) is 25.2 Å². The summed E-state index contributed by atoms with van der Waals surface area (Å²) in [6, 6.07) is 17.8. The van der Waals surface area contributed by atoms with Gasteiger partial charge in [-0.05, 0) is 54.6 Å². The first-order chi connectivity index (χ1) is 17.3. The molecule has 0 radical (unpaired) electrons. The molecule has 3 aromatic rings. The number of carbonyl (C=O) groups excluding carboxylic acids is 2. The molecule has 2 aliphatic heterocycles. The fourth-order valence-corrected chi connectivity index (χ4v) is 6.48. The quantitative estimate of drug-likeness (QED) is 0.514. The SMILES string of the molecule is CCN1CCN(C(=O)c2ccc3c(c2)N(Cc2ccc(Cl)cc2)C(=O)c2ccccc2S3(=O)=O)CC1. The lowest BCUT2D eigenvalue weighted by Gasteiger charge is -2.34. The number of hydrogen-bond donors (Lipinski definition) is 0. The Bertz CT molecular complexity index is 1430. The van der Waals surface area contributed by atoms with Crippen LogP contribution in [-0.2, 0) is 16.4 Å². The van der Waals surface area contributed by atoms with E-state index >= 15 is 0 Å². The number of anilines is 1. The Balaban J connectivity index is 1.60. The predicted octanol–water partition coefficient (Wildman–Crippen LogP) is 4.11. The molecule has 2 aliphatic rings. The van der Waals surface area contributed by atoms with Gasteiger partial charge in [0.2, 0.25) is 9.84 Å². The summed E-state index contributed by atoms with van der Waals surface area (Å²) in [4.78, 5) is 32.6. The highest BCUT2D eigenvalue weighted by Crippen LogP contribution is 2.38. The zero-order chi connectivity index (χ0) is 25.4. The van der Waals surface area contributed by atoms with E-state index in [2.05, 4.69) is 11.8 Å². The van der Waals surface area contributed by atoms with Gasteiger partial charge in [-0.3, -0.25) is 9.59 Å². The summed E-state index contributed by atoms with van der Waals surface area (Å²) in [5.74, 6) is -0.615. The number of likely N-dealkylation sites (N-methyl/N-ethyl adjacent to an activating group) is 1. The fraction of sp³-hybridized carbons (Fsp3) is 0.259. The topological polar surface area (TPSA) is 78.0 Å². The smallest absolute Gasteiger partial charge is 0.259 e. The molecule has 2 amide bonds. The minimum absolute atomic E-state index is 0.00196. The minimum atomic E-state index is -4.00. The summed E-state index contributed by atoms with van der Waals surface area (Å²) in [5.41, 5.74) is 1.44. The highest BCUT2D eigenvalue weighted by Gasteiger charge is 2.36. The van der Waals surface area contributed by atoms with Crippen LogP contribution in [0.1, 0.15) is 33.2 Å². The van der Waals surface area contributed by atoms with Crippen molar-refractivity contribution in [1.29, 1.82) is 0 Å². The zero-order valence-electron chi connectivity index (χ0n) is 19.9. The van der Waals surface area contributed by atoms with Crippen LogP contribution in [0.25, 0.3) is 0 Å². The van der Waals surface area contributed by atoms with Crippen LogP contribution in [-0.4, -0.2) is 62.8 Å². The van der Waals surface area contributed by atoms with Crippen LogP contribution in [0.5, 0.6) is 0 Å². The van der Waals surface area contributed by atoms with Gasteiger partial charge < -0.3 is 14.7 Å². The summed E-state index contributed by atoms with van der Waals surface area (Å²) in [5, 5.41) is 0.560. The van der Waals surface area contributed by atoms with E-state index in [-0.39, 0.29) is 33.5 Å². The van der Waals surface area contributed by atoms with Crippen LogP contribution < -0.4 is 4.90 Å². The van der Waals surface area contributed by atoms with Crippen molar-refractivity contribution >= 4 is 38.9 Å². The Morgan fingerprint density at radius 3 is 2.31 bits per heavy atom. The lowest BCUT2D eigenvalue weighted by Crippen LogP contribution is -2.48. The van der Waals surface area contributed by atoms with Gasteiger partial charge in [-0.15, -0.1) is 0 Å². The summed E-state index contributed by atoms with van der Waals surface area (Å²) in [6.45, 7) is 5.92. The molecule has 0 aromatic heterocycles. The van der Waals surface area contributed by atoms with Crippen molar-refractivity contribution in [3.63, 3.8) is 0 Å². The highest BCUT2D eigenvalue weighted by atomic mass is 35.5. The number of hydrogen-bond acceptors (Lipinski definition) is 5. The molecular weight excluding hydrogens is 498 g/mol. The van der Waals surface area contributed by atoms with Crippen molar-refractivity contribution < 1.29 is 18.0 Å². The first kappa shape index (κ1) is 24.5. The predicted molar refractivity (Wildman–Crippen MR) is 138 cm³/mol. The summed E-state index contributed by atoms with van der Waals surface area (Å²) < 4.78 is 27.3. The van der Waals surface area contributed by atoms with E-state index in [9.17, 15) is 18.0 Å². The summed E-state index contributed by atoms with van der Waals surface area (Å²) >= 11 is 6.04. The van der Waals surface area contributed by atoms with Crippen molar-refractivity contribution in [1.82, 2.24) is 9.80 Å². The van der Waals surface area contributed by atoms with E-state index in [1.54, 1.807) is 53.4 Å². The molecule has 186 valence electrons. The number of benzene rings is 3. The Labute approximate surface area is 215 Å². The molecule has 9 heteroatoms. The molecule has 1 fully saturated rings. The average Bonchev–Trinajstić information content (AvgIpc) is 2.97. The lowest BCUT2D eigenvalue weighted by atomic mass is 10.1. The van der Waals surface area contributed by atoms with Crippen LogP contribution in [0.15, 0.2) is 76.5 Å². The third kappa shape index (κ3) is 4.40. The molecule has 5 rings (SSSR count). The molecule has 1 saturated heterocycles. The molecule has 7 nitrogen and oxygen atoms in total. The summed E-state index contributed by atoms with van der Waals surface area (Å²) in [7, 11) is -4.00. The van der Waals surface area contributed by atoms with Crippen LogP contribution >= 0.6 is 11.6 Å². The maximum atomic E-state index is 13.7. The van der Waals surface area contributed by atoms with Crippen molar-refractivity contribution in [3.8, 4) is 0 Å². The highest BCUT2D eigenvalue weighted by molar-refractivity contribution is 7.91. The maximum Gasteiger partial charge on any atom is 0.259 e. The number of rotatable bonds is 4. The van der Waals surface area contributed by atoms with Gasteiger partial charge in [0.1, 0.15) is 0 Å².